The number of nitrogens with zero attached hydrogens (tertiary/aromatic N) is 1. The number of hydrogen-bond acceptors (Lipinski definition) is 4. The van der Waals surface area contributed by atoms with Crippen molar-refractivity contribution in [1.29, 1.82) is 0 Å². The van der Waals surface area contributed by atoms with Crippen molar-refractivity contribution in [2.24, 2.45) is 0 Å². The minimum Gasteiger partial charge on any atom is -0.310 e. The highest BCUT2D eigenvalue weighted by molar-refractivity contribution is 7.91. The molecule has 1 rings (SSSR count). The van der Waals surface area contributed by atoms with Crippen LogP contribution in [0.25, 0.3) is 0 Å². The average Bonchev–Trinajstić information content (AvgIpc) is 2.82. The van der Waals surface area contributed by atoms with E-state index in [0.29, 0.717) is 23.3 Å². The summed E-state index contributed by atoms with van der Waals surface area (Å²) in [7, 11) is -3.31. The van der Waals surface area contributed by atoms with Crippen LogP contribution < -0.4 is 5.32 Å². The lowest BCUT2D eigenvalue weighted by Crippen LogP contribution is -2.31. The maximum atomic E-state index is 12.4. The Kier molecular flexibility index (Phi) is 6.46. The zero-order valence-electron chi connectivity index (χ0n) is 12.1. The molecular weight excluding hydrogens is 280 g/mol. The molecule has 0 aliphatic rings. The van der Waals surface area contributed by atoms with Crippen LogP contribution in [0.2, 0.25) is 0 Å². The van der Waals surface area contributed by atoms with E-state index in [4.69, 9.17) is 0 Å². The van der Waals surface area contributed by atoms with Gasteiger partial charge in [0.05, 0.1) is 0 Å². The van der Waals surface area contributed by atoms with Crippen LogP contribution >= 0.6 is 11.3 Å². The number of rotatable bonds is 8. The molecule has 0 aliphatic heterocycles. The molecule has 0 aromatic carbocycles. The fraction of sp³-hybridized carbons (Fsp3) is 0.692. The molecule has 19 heavy (non-hydrogen) atoms. The maximum absolute atomic E-state index is 12.4. The van der Waals surface area contributed by atoms with E-state index >= 15 is 0 Å². The van der Waals surface area contributed by atoms with E-state index in [0.717, 1.165) is 17.8 Å². The predicted octanol–water partition coefficient (Wildman–Crippen LogP) is 2.67. The maximum Gasteiger partial charge on any atom is 0.252 e. The van der Waals surface area contributed by atoms with Crippen molar-refractivity contribution in [3.05, 3.63) is 17.0 Å². The highest BCUT2D eigenvalue weighted by atomic mass is 32.2. The van der Waals surface area contributed by atoms with Crippen LogP contribution in [0, 0.1) is 0 Å². The van der Waals surface area contributed by atoms with Gasteiger partial charge in [0.2, 0.25) is 0 Å². The van der Waals surface area contributed by atoms with E-state index in [-0.39, 0.29) is 0 Å². The van der Waals surface area contributed by atoms with E-state index in [1.54, 1.807) is 10.4 Å². The molecule has 0 saturated heterocycles. The topological polar surface area (TPSA) is 49.4 Å². The van der Waals surface area contributed by atoms with Crippen molar-refractivity contribution in [3.8, 4) is 0 Å². The predicted molar refractivity (Wildman–Crippen MR) is 81.0 cm³/mol. The second-order valence-electron chi connectivity index (χ2n) is 4.75. The lowest BCUT2D eigenvalue weighted by molar-refractivity contribution is 0.428. The van der Waals surface area contributed by atoms with Crippen molar-refractivity contribution >= 4 is 21.4 Å². The second-order valence-corrected chi connectivity index (χ2v) is 8.09. The monoisotopic (exact) mass is 304 g/mol. The molecule has 1 aromatic heterocycles. The van der Waals surface area contributed by atoms with Crippen LogP contribution in [0.5, 0.6) is 0 Å². The molecule has 0 amide bonds. The molecule has 0 saturated carbocycles. The average molecular weight is 304 g/mol. The minimum absolute atomic E-state index is 0.398. The van der Waals surface area contributed by atoms with Crippen molar-refractivity contribution in [2.45, 2.75) is 50.9 Å². The zero-order chi connectivity index (χ0) is 14.5. The van der Waals surface area contributed by atoms with E-state index in [1.807, 2.05) is 19.9 Å². The smallest absolute Gasteiger partial charge is 0.252 e. The Balaban J connectivity index is 2.84. The SMILES string of the molecule is CCCN(CC)S(=O)(=O)c1ccc(CNC(C)C)s1. The summed E-state index contributed by atoms with van der Waals surface area (Å²) < 4.78 is 26.8. The lowest BCUT2D eigenvalue weighted by Gasteiger charge is -2.18. The quantitative estimate of drug-likeness (QED) is 0.803. The molecule has 0 spiro atoms. The molecule has 4 nitrogen and oxygen atoms in total. The van der Waals surface area contributed by atoms with Crippen molar-refractivity contribution < 1.29 is 8.42 Å². The minimum atomic E-state index is -3.31. The van der Waals surface area contributed by atoms with E-state index in [1.165, 1.54) is 11.3 Å². The Morgan fingerprint density at radius 2 is 2.00 bits per heavy atom. The number of thiophene rings is 1. The molecule has 0 radical (unpaired) electrons. The van der Waals surface area contributed by atoms with Gasteiger partial charge in [-0.15, -0.1) is 11.3 Å². The molecule has 6 heteroatoms. The van der Waals surface area contributed by atoms with Gasteiger partial charge in [0.25, 0.3) is 10.0 Å². The highest BCUT2D eigenvalue weighted by Crippen LogP contribution is 2.25. The van der Waals surface area contributed by atoms with Crippen LogP contribution in [0.15, 0.2) is 16.3 Å². The van der Waals surface area contributed by atoms with E-state index in [2.05, 4.69) is 19.2 Å². The molecule has 0 unspecified atom stereocenters. The number of hydrogen-bond donors (Lipinski definition) is 1. The Hall–Kier alpha value is -0.430. The van der Waals surface area contributed by atoms with Gasteiger partial charge >= 0.3 is 0 Å². The van der Waals surface area contributed by atoms with E-state index < -0.39 is 10.0 Å². The highest BCUT2D eigenvalue weighted by Gasteiger charge is 2.23. The summed E-state index contributed by atoms with van der Waals surface area (Å²) in [5, 5.41) is 3.30. The summed E-state index contributed by atoms with van der Waals surface area (Å²) in [5.74, 6) is 0. The third-order valence-corrected chi connectivity index (χ3v) is 6.27. The summed E-state index contributed by atoms with van der Waals surface area (Å²) in [5.41, 5.74) is 0. The third kappa shape index (κ3) is 4.56. The second kappa shape index (κ2) is 7.38. The van der Waals surface area contributed by atoms with E-state index in [9.17, 15) is 8.42 Å². The fourth-order valence-electron chi connectivity index (χ4n) is 1.72. The first-order valence-electron chi connectivity index (χ1n) is 6.74. The molecule has 0 aliphatic carbocycles. The fourth-order valence-corrected chi connectivity index (χ4v) is 4.72. The molecule has 110 valence electrons. The lowest BCUT2D eigenvalue weighted by atomic mass is 10.4. The van der Waals surface area contributed by atoms with Crippen molar-refractivity contribution in [3.63, 3.8) is 0 Å². The first-order valence-corrected chi connectivity index (χ1v) is 8.99. The van der Waals surface area contributed by atoms with Crippen LogP contribution in [0.3, 0.4) is 0 Å². The zero-order valence-corrected chi connectivity index (χ0v) is 13.8. The molecule has 0 bridgehead atoms. The first-order chi connectivity index (χ1) is 8.91. The summed E-state index contributed by atoms with van der Waals surface area (Å²) in [4.78, 5) is 1.06. The molecule has 1 N–H and O–H groups in total. The van der Waals surface area contributed by atoms with Gasteiger partial charge in [-0.2, -0.15) is 4.31 Å². The van der Waals surface area contributed by atoms with Gasteiger partial charge in [-0.1, -0.05) is 27.7 Å². The Morgan fingerprint density at radius 1 is 1.32 bits per heavy atom. The Morgan fingerprint density at radius 3 is 2.53 bits per heavy atom. The molecule has 0 fully saturated rings. The van der Waals surface area contributed by atoms with Gasteiger partial charge in [0.15, 0.2) is 0 Å². The Labute approximate surface area is 120 Å². The normalized spacial score (nSPS) is 12.5. The standard InChI is InChI=1S/C13H24N2O2S2/c1-5-9-15(6-2)19(16,17)13-8-7-12(18-13)10-14-11(3)4/h7-8,11,14H,5-6,9-10H2,1-4H3. The van der Waals surface area contributed by atoms with Gasteiger partial charge < -0.3 is 5.32 Å². The third-order valence-electron chi connectivity index (χ3n) is 2.74. The molecule has 1 heterocycles. The van der Waals surface area contributed by atoms with Crippen LogP contribution in [-0.4, -0.2) is 31.9 Å². The van der Waals surface area contributed by atoms with Crippen molar-refractivity contribution in [2.75, 3.05) is 13.1 Å². The van der Waals surface area contributed by atoms with Gasteiger partial charge in [-0.25, -0.2) is 8.42 Å². The van der Waals surface area contributed by atoms with Gasteiger partial charge in [0.1, 0.15) is 4.21 Å². The van der Waals surface area contributed by atoms with Gasteiger partial charge in [0, 0.05) is 30.6 Å². The summed E-state index contributed by atoms with van der Waals surface area (Å²) >= 11 is 1.36. The Bertz CT molecular complexity index is 481. The van der Waals surface area contributed by atoms with Crippen LogP contribution in [-0.2, 0) is 16.6 Å². The van der Waals surface area contributed by atoms with Crippen LogP contribution in [0.1, 0.15) is 39.0 Å². The molecular formula is C13H24N2O2S2. The number of sulfonamides is 1. The van der Waals surface area contributed by atoms with Crippen LogP contribution in [0.4, 0.5) is 0 Å². The molecule has 0 atom stereocenters. The summed E-state index contributed by atoms with van der Waals surface area (Å²) in [6.45, 7) is 9.84. The molecule has 1 aromatic rings. The first kappa shape index (κ1) is 16.6. The number of nitrogens with one attached hydrogen (secondary N) is 1. The van der Waals surface area contributed by atoms with Crippen molar-refractivity contribution in [1.82, 2.24) is 9.62 Å². The largest absolute Gasteiger partial charge is 0.310 e. The van der Waals surface area contributed by atoms with Gasteiger partial charge in [-0.3, -0.25) is 0 Å². The summed E-state index contributed by atoms with van der Waals surface area (Å²) in [6.07, 6.45) is 0.834. The summed E-state index contributed by atoms with van der Waals surface area (Å²) in [6, 6.07) is 4.01. The van der Waals surface area contributed by atoms with Gasteiger partial charge in [-0.05, 0) is 18.6 Å².